The van der Waals surface area contributed by atoms with Crippen molar-refractivity contribution in [3.05, 3.63) is 26.9 Å². The van der Waals surface area contributed by atoms with Crippen molar-refractivity contribution in [2.24, 2.45) is 0 Å². The Morgan fingerprint density at radius 2 is 2.40 bits per heavy atom. The number of hydrogen-bond acceptors (Lipinski definition) is 6. The van der Waals surface area contributed by atoms with Gasteiger partial charge in [-0.25, -0.2) is 14.2 Å². The number of nitrogens with zero attached hydrogens (tertiary/aromatic N) is 3. The summed E-state index contributed by atoms with van der Waals surface area (Å²) in [6.07, 6.45) is 1.30. The number of carbonyl (C=O) groups is 1. The van der Waals surface area contributed by atoms with Gasteiger partial charge in [0.25, 0.3) is 0 Å². The Balaban J connectivity index is 2.31. The number of esters is 1. The van der Waals surface area contributed by atoms with E-state index in [9.17, 15) is 19.3 Å². The lowest BCUT2D eigenvalue weighted by atomic mass is 10.1. The van der Waals surface area contributed by atoms with Gasteiger partial charge in [0.05, 0.1) is 18.6 Å². The Kier molecular flexibility index (Phi) is 3.89. The van der Waals surface area contributed by atoms with Crippen molar-refractivity contribution in [3.63, 3.8) is 0 Å². The van der Waals surface area contributed by atoms with Gasteiger partial charge >= 0.3 is 11.7 Å². The van der Waals surface area contributed by atoms with Crippen LogP contribution in [0.5, 0.6) is 0 Å². The van der Waals surface area contributed by atoms with Crippen molar-refractivity contribution in [1.29, 1.82) is 0 Å². The Hall–Kier alpha value is -1.77. The first-order valence-corrected chi connectivity index (χ1v) is 6.49. The zero-order valence-corrected chi connectivity index (χ0v) is 12.1. The number of methoxy groups -OCH3 is 1. The molecule has 7 nitrogen and oxygen atoms in total. The molecule has 0 radical (unpaired) electrons. The Bertz CT molecular complexity index is 571. The zero-order chi connectivity index (χ0) is 14.9. The maximum atomic E-state index is 14.3. The molecular weight excluding hydrogens is 337 g/mol. The fourth-order valence-electron chi connectivity index (χ4n) is 2.10. The van der Waals surface area contributed by atoms with Crippen LogP contribution in [-0.4, -0.2) is 41.7 Å². The van der Waals surface area contributed by atoms with E-state index in [-0.39, 0.29) is 31.0 Å². The molecule has 2 rings (SSSR count). The summed E-state index contributed by atoms with van der Waals surface area (Å²) in [6.45, 7) is -0.157. The minimum atomic E-state index is -2.16. The normalized spacial score (nSPS) is 21.9. The molecule has 0 saturated carbocycles. The monoisotopic (exact) mass is 347 g/mol. The number of pyridine rings is 1. The summed E-state index contributed by atoms with van der Waals surface area (Å²) < 4.78 is 19.2. The second-order valence-corrected chi connectivity index (χ2v) is 5.30. The van der Waals surface area contributed by atoms with Crippen LogP contribution >= 0.6 is 15.9 Å². The van der Waals surface area contributed by atoms with Crippen LogP contribution in [0.25, 0.3) is 0 Å². The highest BCUT2D eigenvalue weighted by Crippen LogP contribution is 2.35. The molecule has 1 aromatic heterocycles. The summed E-state index contributed by atoms with van der Waals surface area (Å²) in [5.41, 5.74) is -2.40. The highest BCUT2D eigenvalue weighted by Gasteiger charge is 2.47. The molecular formula is C11H11BrFN3O4. The fraction of sp³-hybridized carbons (Fsp3) is 0.455. The van der Waals surface area contributed by atoms with E-state index in [2.05, 4.69) is 25.7 Å². The summed E-state index contributed by atoms with van der Waals surface area (Å²) in [6, 6.07) is 1.29. The average Bonchev–Trinajstić information content (AvgIpc) is 2.81. The number of ether oxygens (including phenoxy) is 1. The molecule has 20 heavy (non-hydrogen) atoms. The van der Waals surface area contributed by atoms with Gasteiger partial charge in [0, 0.05) is 29.7 Å². The fourth-order valence-corrected chi connectivity index (χ4v) is 2.42. The van der Waals surface area contributed by atoms with E-state index in [0.717, 1.165) is 7.11 Å². The second kappa shape index (κ2) is 5.31. The van der Waals surface area contributed by atoms with Gasteiger partial charge in [0.15, 0.2) is 0 Å². The summed E-state index contributed by atoms with van der Waals surface area (Å²) in [5.74, 6) is -0.929. The van der Waals surface area contributed by atoms with Crippen molar-refractivity contribution in [2.45, 2.75) is 12.1 Å². The summed E-state index contributed by atoms with van der Waals surface area (Å²) in [7, 11) is 1.10. The standard InChI is InChI=1S/C11H11BrFN3O4/c1-20-10(17)11(13)2-3-15(6-11)9-8(16(18)19)4-7(12)5-14-9/h4-5H,2-3,6H2,1H3/t11-/m0/s1. The molecule has 0 amide bonds. The number of rotatable bonds is 3. The van der Waals surface area contributed by atoms with E-state index in [1.54, 1.807) is 0 Å². The summed E-state index contributed by atoms with van der Waals surface area (Å²) in [4.78, 5) is 27.1. The number of halogens is 2. The number of aromatic nitrogens is 1. The molecule has 0 bridgehead atoms. The molecule has 108 valence electrons. The van der Waals surface area contributed by atoms with E-state index in [1.807, 2.05) is 0 Å². The molecule has 1 saturated heterocycles. The van der Waals surface area contributed by atoms with E-state index in [0.29, 0.717) is 4.47 Å². The van der Waals surface area contributed by atoms with Crippen molar-refractivity contribution >= 4 is 33.4 Å². The van der Waals surface area contributed by atoms with E-state index in [4.69, 9.17) is 0 Å². The highest BCUT2D eigenvalue weighted by atomic mass is 79.9. The molecule has 9 heteroatoms. The van der Waals surface area contributed by atoms with Crippen LogP contribution in [0.4, 0.5) is 15.9 Å². The van der Waals surface area contributed by atoms with Crippen LogP contribution in [0.1, 0.15) is 6.42 Å². The number of nitro groups is 1. The Morgan fingerprint density at radius 3 is 3.00 bits per heavy atom. The van der Waals surface area contributed by atoms with Crippen molar-refractivity contribution in [1.82, 2.24) is 4.98 Å². The quantitative estimate of drug-likeness (QED) is 0.471. The van der Waals surface area contributed by atoms with Crippen LogP contribution < -0.4 is 4.90 Å². The third-order valence-corrected chi connectivity index (χ3v) is 3.51. The summed E-state index contributed by atoms with van der Waals surface area (Å²) >= 11 is 3.10. The highest BCUT2D eigenvalue weighted by molar-refractivity contribution is 9.10. The van der Waals surface area contributed by atoms with E-state index >= 15 is 0 Å². The van der Waals surface area contributed by atoms with Gasteiger partial charge < -0.3 is 9.64 Å². The lowest BCUT2D eigenvalue weighted by molar-refractivity contribution is -0.384. The first kappa shape index (κ1) is 14.6. The van der Waals surface area contributed by atoms with Crippen molar-refractivity contribution in [2.75, 3.05) is 25.1 Å². The van der Waals surface area contributed by atoms with Gasteiger partial charge in [-0.3, -0.25) is 10.1 Å². The van der Waals surface area contributed by atoms with Gasteiger partial charge in [-0.1, -0.05) is 0 Å². The molecule has 1 aliphatic heterocycles. The third kappa shape index (κ3) is 2.58. The molecule has 0 N–H and O–H groups in total. The maximum Gasteiger partial charge on any atom is 0.345 e. The molecule has 1 atom stereocenters. The smallest absolute Gasteiger partial charge is 0.345 e. The number of anilines is 1. The van der Waals surface area contributed by atoms with Crippen molar-refractivity contribution < 1.29 is 18.8 Å². The molecule has 0 aliphatic carbocycles. The van der Waals surface area contributed by atoms with Crippen LogP contribution in [0, 0.1) is 10.1 Å². The van der Waals surface area contributed by atoms with Gasteiger partial charge in [-0.2, -0.15) is 0 Å². The van der Waals surface area contributed by atoms with Gasteiger partial charge in [0.2, 0.25) is 11.5 Å². The summed E-state index contributed by atoms with van der Waals surface area (Å²) in [5, 5.41) is 11.0. The largest absolute Gasteiger partial charge is 0.467 e. The van der Waals surface area contributed by atoms with Crippen LogP contribution in [0.3, 0.4) is 0 Å². The average molecular weight is 348 g/mol. The molecule has 1 aromatic rings. The Labute approximate surface area is 122 Å². The van der Waals surface area contributed by atoms with Gasteiger partial charge in [0.1, 0.15) is 0 Å². The van der Waals surface area contributed by atoms with Gasteiger partial charge in [-0.15, -0.1) is 0 Å². The lowest BCUT2D eigenvalue weighted by Crippen LogP contribution is -2.38. The maximum absolute atomic E-state index is 14.3. The third-order valence-electron chi connectivity index (χ3n) is 3.08. The second-order valence-electron chi connectivity index (χ2n) is 4.38. The minimum absolute atomic E-state index is 0.0432. The van der Waals surface area contributed by atoms with Crippen LogP contribution in [0.15, 0.2) is 16.7 Å². The first-order valence-electron chi connectivity index (χ1n) is 5.69. The molecule has 0 unspecified atom stereocenters. The molecule has 1 fully saturated rings. The van der Waals surface area contributed by atoms with Crippen LogP contribution in [-0.2, 0) is 9.53 Å². The van der Waals surface area contributed by atoms with Crippen molar-refractivity contribution in [3.8, 4) is 0 Å². The topological polar surface area (TPSA) is 85.6 Å². The zero-order valence-electron chi connectivity index (χ0n) is 10.5. The van der Waals surface area contributed by atoms with E-state index in [1.165, 1.54) is 17.2 Å². The molecule has 0 spiro atoms. The molecule has 0 aromatic carbocycles. The Morgan fingerprint density at radius 1 is 1.70 bits per heavy atom. The molecule has 1 aliphatic rings. The number of alkyl halides is 1. The van der Waals surface area contributed by atoms with Crippen LogP contribution in [0.2, 0.25) is 0 Å². The molecule has 2 heterocycles. The number of carbonyl (C=O) groups excluding carboxylic acids is 1. The lowest BCUT2D eigenvalue weighted by Gasteiger charge is -2.19. The predicted octanol–water partition coefficient (Wildman–Crippen LogP) is 1.84. The number of hydrogen-bond donors (Lipinski definition) is 0. The first-order chi connectivity index (χ1) is 9.37. The SMILES string of the molecule is COC(=O)[C@]1(F)CCN(c2ncc(Br)cc2[N+](=O)[O-])C1. The van der Waals surface area contributed by atoms with Gasteiger partial charge in [-0.05, 0) is 15.9 Å². The van der Waals surface area contributed by atoms with E-state index < -0.39 is 16.6 Å². The minimum Gasteiger partial charge on any atom is -0.467 e. The predicted molar refractivity (Wildman–Crippen MR) is 71.3 cm³/mol.